The molecule has 1 heterocycles. The number of ether oxygens (including phenoxy) is 1. The van der Waals surface area contributed by atoms with Gasteiger partial charge >= 0.3 is 0 Å². The molecule has 98 valence electrons. The number of hydrogen-bond acceptors (Lipinski definition) is 2. The third kappa shape index (κ3) is 2.36. The molecule has 18 heavy (non-hydrogen) atoms. The van der Waals surface area contributed by atoms with Crippen LogP contribution in [0.1, 0.15) is 13.8 Å². The number of rotatable bonds is 4. The molecule has 3 nitrogen and oxygen atoms in total. The molecular formula is C15H22N2O. The van der Waals surface area contributed by atoms with Gasteiger partial charge in [-0.05, 0) is 51.5 Å². The van der Waals surface area contributed by atoms with Gasteiger partial charge in [-0.2, -0.15) is 0 Å². The Bertz CT molecular complexity index is 540. The van der Waals surface area contributed by atoms with E-state index in [9.17, 15) is 0 Å². The van der Waals surface area contributed by atoms with E-state index in [0.29, 0.717) is 0 Å². The molecule has 0 spiro atoms. The maximum absolute atomic E-state index is 5.30. The summed E-state index contributed by atoms with van der Waals surface area (Å²) in [6.45, 7) is 5.45. The predicted molar refractivity (Wildman–Crippen MR) is 76.3 cm³/mol. The van der Waals surface area contributed by atoms with Gasteiger partial charge in [0.1, 0.15) is 5.75 Å². The summed E-state index contributed by atoms with van der Waals surface area (Å²) in [7, 11) is 5.94. The number of aromatic nitrogens is 1. The zero-order chi connectivity index (χ0) is 13.3. The Kier molecular flexibility index (Phi) is 3.35. The summed E-state index contributed by atoms with van der Waals surface area (Å²) < 4.78 is 7.59. The Morgan fingerprint density at radius 3 is 2.56 bits per heavy atom. The van der Waals surface area contributed by atoms with E-state index in [2.05, 4.69) is 61.8 Å². The van der Waals surface area contributed by atoms with Gasteiger partial charge in [0.15, 0.2) is 0 Å². The van der Waals surface area contributed by atoms with Gasteiger partial charge in [0.05, 0.1) is 12.6 Å². The Hall–Kier alpha value is -1.48. The first kappa shape index (κ1) is 13.0. The molecule has 2 rings (SSSR count). The van der Waals surface area contributed by atoms with Crippen molar-refractivity contribution in [2.75, 3.05) is 21.2 Å². The van der Waals surface area contributed by atoms with Crippen LogP contribution in [0.25, 0.3) is 10.9 Å². The molecule has 0 N–H and O–H groups in total. The SMILES string of the molecule is COc1ccc2ccn(CC(C)(C)N(C)C)c2c1. The average molecular weight is 246 g/mol. The molecule has 3 heteroatoms. The first-order valence-corrected chi connectivity index (χ1v) is 6.24. The highest BCUT2D eigenvalue weighted by molar-refractivity contribution is 5.81. The Labute approximate surface area is 109 Å². The van der Waals surface area contributed by atoms with Crippen LogP contribution in [0, 0.1) is 0 Å². The molecular weight excluding hydrogens is 224 g/mol. The van der Waals surface area contributed by atoms with E-state index in [4.69, 9.17) is 4.74 Å². The number of fused-ring (bicyclic) bond motifs is 1. The molecule has 0 unspecified atom stereocenters. The highest BCUT2D eigenvalue weighted by Gasteiger charge is 2.21. The van der Waals surface area contributed by atoms with Crippen molar-refractivity contribution in [3.63, 3.8) is 0 Å². The van der Waals surface area contributed by atoms with E-state index < -0.39 is 0 Å². The largest absolute Gasteiger partial charge is 0.497 e. The Morgan fingerprint density at radius 1 is 1.22 bits per heavy atom. The van der Waals surface area contributed by atoms with Crippen LogP contribution < -0.4 is 4.74 Å². The van der Waals surface area contributed by atoms with Gasteiger partial charge < -0.3 is 14.2 Å². The molecule has 0 bridgehead atoms. The fraction of sp³-hybridized carbons (Fsp3) is 0.467. The molecule has 0 fully saturated rings. The molecule has 0 saturated carbocycles. The summed E-state index contributed by atoms with van der Waals surface area (Å²) in [6, 6.07) is 8.36. The standard InChI is InChI=1S/C15H22N2O/c1-15(2,16(3)4)11-17-9-8-12-6-7-13(18-5)10-14(12)17/h6-10H,11H2,1-5H3. The number of nitrogens with zero attached hydrogens (tertiary/aromatic N) is 2. The lowest BCUT2D eigenvalue weighted by Gasteiger charge is -2.33. The van der Waals surface area contributed by atoms with Crippen molar-refractivity contribution >= 4 is 10.9 Å². The average Bonchev–Trinajstić information content (AvgIpc) is 2.71. The first-order valence-electron chi connectivity index (χ1n) is 6.24. The molecule has 0 saturated heterocycles. The minimum atomic E-state index is 0.120. The smallest absolute Gasteiger partial charge is 0.120 e. The first-order chi connectivity index (χ1) is 8.44. The highest BCUT2D eigenvalue weighted by Crippen LogP contribution is 2.24. The lowest BCUT2D eigenvalue weighted by Crippen LogP contribution is -2.41. The zero-order valence-corrected chi connectivity index (χ0v) is 11.9. The van der Waals surface area contributed by atoms with E-state index in [-0.39, 0.29) is 5.54 Å². The van der Waals surface area contributed by atoms with E-state index in [1.165, 1.54) is 10.9 Å². The van der Waals surface area contributed by atoms with Gasteiger partial charge in [0.25, 0.3) is 0 Å². The summed E-state index contributed by atoms with van der Waals surface area (Å²) in [5, 5.41) is 1.25. The van der Waals surface area contributed by atoms with Gasteiger partial charge in [-0.15, -0.1) is 0 Å². The number of likely N-dealkylation sites (N-methyl/N-ethyl adjacent to an activating group) is 1. The Morgan fingerprint density at radius 2 is 1.94 bits per heavy atom. The third-order valence-corrected chi connectivity index (χ3v) is 3.75. The van der Waals surface area contributed by atoms with E-state index in [1.54, 1.807) is 7.11 Å². The second-order valence-corrected chi connectivity index (χ2v) is 5.58. The summed E-state index contributed by atoms with van der Waals surface area (Å²) in [6.07, 6.45) is 2.15. The molecule has 0 aliphatic carbocycles. The van der Waals surface area contributed by atoms with Crippen molar-refractivity contribution in [1.82, 2.24) is 9.47 Å². The topological polar surface area (TPSA) is 17.4 Å². The zero-order valence-electron chi connectivity index (χ0n) is 11.9. The number of methoxy groups -OCH3 is 1. The van der Waals surface area contributed by atoms with Crippen LogP contribution in [0.3, 0.4) is 0 Å². The summed E-state index contributed by atoms with van der Waals surface area (Å²) in [4.78, 5) is 2.25. The quantitative estimate of drug-likeness (QED) is 0.825. The predicted octanol–water partition coefficient (Wildman–Crippen LogP) is 2.99. The second-order valence-electron chi connectivity index (χ2n) is 5.58. The van der Waals surface area contributed by atoms with Gasteiger partial charge in [-0.25, -0.2) is 0 Å². The lowest BCUT2D eigenvalue weighted by atomic mass is 10.0. The molecule has 2 aromatic rings. The van der Waals surface area contributed by atoms with Crippen molar-refractivity contribution < 1.29 is 4.74 Å². The minimum Gasteiger partial charge on any atom is -0.497 e. The normalized spacial score (nSPS) is 12.3. The maximum Gasteiger partial charge on any atom is 0.120 e. The molecule has 1 aromatic heterocycles. The summed E-state index contributed by atoms with van der Waals surface area (Å²) in [5.74, 6) is 0.908. The van der Waals surface area contributed by atoms with Gasteiger partial charge in [-0.3, -0.25) is 0 Å². The van der Waals surface area contributed by atoms with E-state index >= 15 is 0 Å². The van der Waals surface area contributed by atoms with Crippen molar-refractivity contribution in [2.45, 2.75) is 25.9 Å². The van der Waals surface area contributed by atoms with Crippen LogP contribution in [0.2, 0.25) is 0 Å². The van der Waals surface area contributed by atoms with Gasteiger partial charge in [0, 0.05) is 24.3 Å². The third-order valence-electron chi connectivity index (χ3n) is 3.75. The minimum absolute atomic E-state index is 0.120. The van der Waals surface area contributed by atoms with Crippen molar-refractivity contribution in [3.05, 3.63) is 30.5 Å². The molecule has 0 aliphatic heterocycles. The van der Waals surface area contributed by atoms with Gasteiger partial charge in [0.2, 0.25) is 0 Å². The lowest BCUT2D eigenvalue weighted by molar-refractivity contribution is 0.171. The maximum atomic E-state index is 5.30. The van der Waals surface area contributed by atoms with Crippen LogP contribution in [-0.4, -0.2) is 36.2 Å². The van der Waals surface area contributed by atoms with Crippen molar-refractivity contribution in [3.8, 4) is 5.75 Å². The number of benzene rings is 1. The second kappa shape index (κ2) is 4.65. The molecule has 0 radical (unpaired) electrons. The molecule has 1 aromatic carbocycles. The van der Waals surface area contributed by atoms with Crippen LogP contribution in [0.15, 0.2) is 30.5 Å². The van der Waals surface area contributed by atoms with Crippen LogP contribution >= 0.6 is 0 Å². The summed E-state index contributed by atoms with van der Waals surface area (Å²) in [5.41, 5.74) is 1.35. The van der Waals surface area contributed by atoms with Crippen molar-refractivity contribution in [1.29, 1.82) is 0 Å². The fourth-order valence-corrected chi connectivity index (χ4v) is 1.99. The van der Waals surface area contributed by atoms with Gasteiger partial charge in [-0.1, -0.05) is 0 Å². The van der Waals surface area contributed by atoms with Crippen LogP contribution in [-0.2, 0) is 6.54 Å². The Balaban J connectivity index is 2.39. The monoisotopic (exact) mass is 246 g/mol. The van der Waals surface area contributed by atoms with Crippen LogP contribution in [0.4, 0.5) is 0 Å². The van der Waals surface area contributed by atoms with Crippen LogP contribution in [0.5, 0.6) is 5.75 Å². The van der Waals surface area contributed by atoms with E-state index in [0.717, 1.165) is 12.3 Å². The molecule has 0 atom stereocenters. The summed E-state index contributed by atoms with van der Waals surface area (Å²) >= 11 is 0. The molecule has 0 aliphatic rings. The van der Waals surface area contributed by atoms with E-state index in [1.807, 2.05) is 6.07 Å². The fourth-order valence-electron chi connectivity index (χ4n) is 1.99. The number of hydrogen-bond donors (Lipinski definition) is 0. The molecule has 0 amide bonds. The van der Waals surface area contributed by atoms with Crippen molar-refractivity contribution in [2.24, 2.45) is 0 Å². The highest BCUT2D eigenvalue weighted by atomic mass is 16.5.